The number of benzene rings is 1. The van der Waals surface area contributed by atoms with Gasteiger partial charge in [-0.3, -0.25) is 9.88 Å². The van der Waals surface area contributed by atoms with E-state index < -0.39 is 0 Å². The molecule has 1 aromatic carbocycles. The van der Waals surface area contributed by atoms with E-state index in [1.165, 1.54) is 24.9 Å². The summed E-state index contributed by atoms with van der Waals surface area (Å²) in [5.74, 6) is 0. The highest BCUT2D eigenvalue weighted by Crippen LogP contribution is 2.31. The molecule has 2 aromatic rings. The van der Waals surface area contributed by atoms with Gasteiger partial charge in [0, 0.05) is 17.8 Å². The second-order valence-electron chi connectivity index (χ2n) is 5.27. The molecule has 20 heavy (non-hydrogen) atoms. The fourth-order valence-corrected chi connectivity index (χ4v) is 2.92. The Labute approximate surface area is 119 Å². The van der Waals surface area contributed by atoms with Crippen molar-refractivity contribution in [1.82, 2.24) is 9.88 Å². The van der Waals surface area contributed by atoms with E-state index in [4.69, 9.17) is 5.26 Å². The molecule has 3 nitrogen and oxygen atoms in total. The summed E-state index contributed by atoms with van der Waals surface area (Å²) >= 11 is 0. The molecule has 0 amide bonds. The minimum atomic E-state index is 0.531. The van der Waals surface area contributed by atoms with Crippen molar-refractivity contribution in [3.05, 3.63) is 53.7 Å². The normalized spacial score (nSPS) is 18.9. The lowest BCUT2D eigenvalue weighted by atomic mass is 10.0. The first kappa shape index (κ1) is 12.8. The molecule has 2 heterocycles. The third-order valence-electron chi connectivity index (χ3n) is 4.02. The van der Waals surface area contributed by atoms with Crippen LogP contribution in [-0.2, 0) is 0 Å². The molecular weight excluding hydrogens is 246 g/mol. The lowest BCUT2D eigenvalue weighted by Crippen LogP contribution is -2.17. The Morgan fingerprint density at radius 2 is 2.05 bits per heavy atom. The van der Waals surface area contributed by atoms with Gasteiger partial charge in [-0.25, -0.2) is 0 Å². The van der Waals surface area contributed by atoms with Gasteiger partial charge in [-0.1, -0.05) is 24.3 Å². The van der Waals surface area contributed by atoms with Crippen molar-refractivity contribution < 1.29 is 0 Å². The Hall–Kier alpha value is -2.18. The van der Waals surface area contributed by atoms with Crippen LogP contribution in [0.4, 0.5) is 0 Å². The molecule has 100 valence electrons. The van der Waals surface area contributed by atoms with Crippen molar-refractivity contribution >= 4 is 0 Å². The summed E-state index contributed by atoms with van der Waals surface area (Å²) in [6.45, 7) is 1.17. The Bertz CT molecular complexity index is 640. The predicted molar refractivity (Wildman–Crippen MR) is 79.0 cm³/mol. The van der Waals surface area contributed by atoms with Gasteiger partial charge in [-0.15, -0.1) is 0 Å². The number of hydrogen-bond donors (Lipinski definition) is 0. The van der Waals surface area contributed by atoms with Gasteiger partial charge in [0.1, 0.15) is 6.07 Å². The summed E-state index contributed by atoms with van der Waals surface area (Å²) in [6.07, 6.45) is 4.22. The maximum Gasteiger partial charge on any atom is 0.101 e. The van der Waals surface area contributed by atoms with Crippen molar-refractivity contribution in [2.24, 2.45) is 0 Å². The Morgan fingerprint density at radius 1 is 1.25 bits per heavy atom. The number of hydrogen-bond acceptors (Lipinski definition) is 3. The van der Waals surface area contributed by atoms with Gasteiger partial charge in [0.15, 0.2) is 0 Å². The zero-order chi connectivity index (χ0) is 13.9. The molecule has 0 saturated carbocycles. The van der Waals surface area contributed by atoms with Crippen LogP contribution in [0, 0.1) is 11.3 Å². The van der Waals surface area contributed by atoms with Crippen LogP contribution >= 0.6 is 0 Å². The quantitative estimate of drug-likeness (QED) is 0.833. The van der Waals surface area contributed by atoms with E-state index in [9.17, 15) is 0 Å². The molecule has 0 bridgehead atoms. The van der Waals surface area contributed by atoms with E-state index in [2.05, 4.69) is 47.3 Å². The summed E-state index contributed by atoms with van der Waals surface area (Å²) in [4.78, 5) is 6.73. The first-order valence-corrected chi connectivity index (χ1v) is 6.95. The zero-order valence-corrected chi connectivity index (χ0v) is 11.6. The van der Waals surface area contributed by atoms with Gasteiger partial charge < -0.3 is 0 Å². The van der Waals surface area contributed by atoms with Crippen LogP contribution in [-0.4, -0.2) is 23.5 Å². The molecule has 1 atom stereocenters. The van der Waals surface area contributed by atoms with Crippen molar-refractivity contribution in [3.8, 4) is 17.3 Å². The summed E-state index contributed by atoms with van der Waals surface area (Å²) in [5, 5.41) is 9.15. The number of nitriles is 1. The molecular formula is C17H17N3. The van der Waals surface area contributed by atoms with Crippen LogP contribution in [0.5, 0.6) is 0 Å². The highest BCUT2D eigenvalue weighted by molar-refractivity contribution is 5.66. The largest absolute Gasteiger partial charge is 0.299 e. The van der Waals surface area contributed by atoms with E-state index in [-0.39, 0.29) is 0 Å². The third-order valence-corrected chi connectivity index (χ3v) is 4.02. The zero-order valence-electron chi connectivity index (χ0n) is 11.6. The number of pyridine rings is 1. The molecule has 1 aliphatic rings. The minimum Gasteiger partial charge on any atom is -0.299 e. The summed E-state index contributed by atoms with van der Waals surface area (Å²) in [7, 11) is 2.18. The molecule has 1 aliphatic heterocycles. The number of aromatic nitrogens is 1. The molecule has 1 aromatic heterocycles. The molecule has 1 unspecified atom stereocenters. The van der Waals surface area contributed by atoms with E-state index in [1.807, 2.05) is 0 Å². The van der Waals surface area contributed by atoms with Crippen molar-refractivity contribution in [1.29, 1.82) is 5.26 Å². The third kappa shape index (κ3) is 2.31. The van der Waals surface area contributed by atoms with Crippen LogP contribution in [0.1, 0.15) is 30.0 Å². The monoisotopic (exact) mass is 263 g/mol. The van der Waals surface area contributed by atoms with Gasteiger partial charge in [-0.05, 0) is 44.1 Å². The summed E-state index contributed by atoms with van der Waals surface area (Å²) in [6, 6.07) is 14.8. The second-order valence-corrected chi connectivity index (χ2v) is 5.27. The number of rotatable bonds is 2. The SMILES string of the molecule is CN1CCCC1c1ccc(-c2ncccc2C#N)cc1. The number of likely N-dealkylation sites (tertiary alicyclic amines) is 1. The van der Waals surface area contributed by atoms with E-state index in [0.29, 0.717) is 11.6 Å². The van der Waals surface area contributed by atoms with Crippen LogP contribution in [0.15, 0.2) is 42.6 Å². The second kappa shape index (κ2) is 5.44. The Balaban J connectivity index is 1.92. The molecule has 0 N–H and O–H groups in total. The number of nitrogens with zero attached hydrogens (tertiary/aromatic N) is 3. The first-order valence-electron chi connectivity index (χ1n) is 6.95. The molecule has 3 heteroatoms. The Kier molecular flexibility index (Phi) is 3.49. The molecule has 1 saturated heterocycles. The highest BCUT2D eigenvalue weighted by atomic mass is 15.1. The predicted octanol–water partition coefficient (Wildman–Crippen LogP) is 3.39. The van der Waals surface area contributed by atoms with Crippen LogP contribution < -0.4 is 0 Å². The molecule has 0 radical (unpaired) electrons. The smallest absolute Gasteiger partial charge is 0.101 e. The first-order chi connectivity index (χ1) is 9.79. The summed E-state index contributed by atoms with van der Waals surface area (Å²) in [5.41, 5.74) is 3.74. The van der Waals surface area contributed by atoms with Crippen molar-refractivity contribution in [3.63, 3.8) is 0 Å². The maximum absolute atomic E-state index is 9.15. The average Bonchev–Trinajstić information content (AvgIpc) is 2.93. The van der Waals surface area contributed by atoms with Crippen LogP contribution in [0.3, 0.4) is 0 Å². The van der Waals surface area contributed by atoms with Crippen molar-refractivity contribution in [2.45, 2.75) is 18.9 Å². The van der Waals surface area contributed by atoms with Crippen LogP contribution in [0.2, 0.25) is 0 Å². The standard InChI is InChI=1S/C17H17N3/c1-20-11-3-5-16(20)13-6-8-14(9-7-13)17-15(12-18)4-2-10-19-17/h2,4,6-10,16H,3,5,11H2,1H3. The van der Waals surface area contributed by atoms with E-state index in [0.717, 1.165) is 11.3 Å². The average molecular weight is 263 g/mol. The highest BCUT2D eigenvalue weighted by Gasteiger charge is 2.22. The summed E-state index contributed by atoms with van der Waals surface area (Å²) < 4.78 is 0. The van der Waals surface area contributed by atoms with Gasteiger partial charge >= 0.3 is 0 Å². The van der Waals surface area contributed by atoms with Gasteiger partial charge in [-0.2, -0.15) is 5.26 Å². The van der Waals surface area contributed by atoms with Gasteiger partial charge in [0.25, 0.3) is 0 Å². The topological polar surface area (TPSA) is 39.9 Å². The van der Waals surface area contributed by atoms with E-state index in [1.54, 1.807) is 18.3 Å². The lowest BCUT2D eigenvalue weighted by molar-refractivity contribution is 0.317. The van der Waals surface area contributed by atoms with Gasteiger partial charge in [0.2, 0.25) is 0 Å². The molecule has 0 aliphatic carbocycles. The van der Waals surface area contributed by atoms with Gasteiger partial charge in [0.05, 0.1) is 11.3 Å². The van der Waals surface area contributed by atoms with E-state index >= 15 is 0 Å². The molecule has 0 spiro atoms. The minimum absolute atomic E-state index is 0.531. The van der Waals surface area contributed by atoms with Crippen molar-refractivity contribution in [2.75, 3.05) is 13.6 Å². The lowest BCUT2D eigenvalue weighted by Gasteiger charge is -2.19. The fraction of sp³-hybridized carbons (Fsp3) is 0.294. The molecule has 3 rings (SSSR count). The fourth-order valence-electron chi connectivity index (χ4n) is 2.92. The maximum atomic E-state index is 9.15. The van der Waals surface area contributed by atoms with Crippen LogP contribution in [0.25, 0.3) is 11.3 Å². The Morgan fingerprint density at radius 3 is 2.70 bits per heavy atom. The molecule has 1 fully saturated rings.